The number of hydrogen-bond donors (Lipinski definition) is 0. The Hall–Kier alpha value is -1.51. The smallest absolute Gasteiger partial charge is 0.142 e. The maximum absolute atomic E-state index is 11.9. The predicted octanol–water partition coefficient (Wildman–Crippen LogP) is 2.89. The molecule has 18 heavy (non-hydrogen) atoms. The van der Waals surface area contributed by atoms with Crippen LogP contribution in [0.15, 0.2) is 24.3 Å². The Morgan fingerprint density at radius 2 is 2.22 bits per heavy atom. The first-order valence-corrected chi connectivity index (χ1v) is 6.67. The lowest BCUT2D eigenvalue weighted by Gasteiger charge is -2.21. The Balaban J connectivity index is 2.06. The average molecular weight is 247 g/mol. The largest absolute Gasteiger partial charge is 0.495 e. The molecule has 0 aliphatic carbocycles. The minimum absolute atomic E-state index is 0.204. The van der Waals surface area contributed by atoms with Crippen LogP contribution in [0.5, 0.6) is 5.75 Å². The van der Waals surface area contributed by atoms with Crippen LogP contribution in [-0.4, -0.2) is 26.0 Å². The molecule has 0 spiro atoms. The van der Waals surface area contributed by atoms with E-state index in [1.54, 1.807) is 7.11 Å². The second-order valence-corrected chi connectivity index (χ2v) is 4.82. The minimum Gasteiger partial charge on any atom is -0.495 e. The van der Waals surface area contributed by atoms with E-state index in [0.29, 0.717) is 12.2 Å². The number of ketones is 1. The van der Waals surface area contributed by atoms with Crippen LogP contribution in [0.2, 0.25) is 0 Å². The van der Waals surface area contributed by atoms with Gasteiger partial charge in [-0.2, -0.15) is 0 Å². The van der Waals surface area contributed by atoms with E-state index in [1.165, 1.54) is 0 Å². The van der Waals surface area contributed by atoms with Crippen LogP contribution in [0, 0.1) is 5.92 Å². The summed E-state index contributed by atoms with van der Waals surface area (Å²) in [6, 6.07) is 8.01. The van der Waals surface area contributed by atoms with E-state index < -0.39 is 0 Å². The molecule has 1 fully saturated rings. The predicted molar refractivity (Wildman–Crippen MR) is 73.2 cm³/mol. The van der Waals surface area contributed by atoms with Crippen LogP contribution < -0.4 is 9.64 Å². The standard InChI is InChI=1S/C15H21NO2/c1-3-6-14(17)12-9-10-16(11-12)13-7-4-5-8-15(13)18-2/h4-5,7-8,12H,3,6,9-11H2,1-2H3. The lowest BCUT2D eigenvalue weighted by Crippen LogP contribution is -2.23. The van der Waals surface area contributed by atoms with E-state index in [0.717, 1.165) is 37.4 Å². The summed E-state index contributed by atoms with van der Waals surface area (Å²) in [6.45, 7) is 3.84. The van der Waals surface area contributed by atoms with Crippen molar-refractivity contribution in [2.75, 3.05) is 25.1 Å². The van der Waals surface area contributed by atoms with Gasteiger partial charge in [-0.1, -0.05) is 19.1 Å². The molecule has 1 aliphatic rings. The van der Waals surface area contributed by atoms with Crippen LogP contribution >= 0.6 is 0 Å². The highest BCUT2D eigenvalue weighted by Gasteiger charge is 2.28. The number of carbonyl (C=O) groups is 1. The lowest BCUT2D eigenvalue weighted by atomic mass is 10.00. The van der Waals surface area contributed by atoms with Crippen molar-refractivity contribution in [2.45, 2.75) is 26.2 Å². The van der Waals surface area contributed by atoms with Crippen LogP contribution in [0.25, 0.3) is 0 Å². The van der Waals surface area contributed by atoms with Gasteiger partial charge in [0.05, 0.1) is 12.8 Å². The normalized spacial score (nSPS) is 19.0. The van der Waals surface area contributed by atoms with Gasteiger partial charge in [0, 0.05) is 25.4 Å². The summed E-state index contributed by atoms with van der Waals surface area (Å²) >= 11 is 0. The minimum atomic E-state index is 0.204. The Bertz CT molecular complexity index is 417. The van der Waals surface area contributed by atoms with Crippen molar-refractivity contribution < 1.29 is 9.53 Å². The number of methoxy groups -OCH3 is 1. The molecular weight excluding hydrogens is 226 g/mol. The quantitative estimate of drug-likeness (QED) is 0.801. The van der Waals surface area contributed by atoms with Gasteiger partial charge in [-0.3, -0.25) is 4.79 Å². The second kappa shape index (κ2) is 5.89. The van der Waals surface area contributed by atoms with Crippen molar-refractivity contribution in [3.8, 4) is 5.75 Å². The number of benzene rings is 1. The van der Waals surface area contributed by atoms with Gasteiger partial charge in [0.2, 0.25) is 0 Å². The molecule has 0 N–H and O–H groups in total. The molecule has 3 nitrogen and oxygen atoms in total. The van der Waals surface area contributed by atoms with E-state index in [-0.39, 0.29) is 5.92 Å². The highest BCUT2D eigenvalue weighted by atomic mass is 16.5. The summed E-state index contributed by atoms with van der Waals surface area (Å²) in [4.78, 5) is 14.2. The highest BCUT2D eigenvalue weighted by molar-refractivity contribution is 5.82. The fourth-order valence-corrected chi connectivity index (χ4v) is 2.58. The van der Waals surface area contributed by atoms with E-state index in [2.05, 4.69) is 17.9 Å². The molecule has 0 bridgehead atoms. The molecule has 3 heteroatoms. The zero-order chi connectivity index (χ0) is 13.0. The Kier molecular flexibility index (Phi) is 4.24. The van der Waals surface area contributed by atoms with Crippen molar-refractivity contribution in [1.82, 2.24) is 0 Å². The maximum Gasteiger partial charge on any atom is 0.142 e. The molecular formula is C15H21NO2. The van der Waals surface area contributed by atoms with Gasteiger partial charge in [0.15, 0.2) is 0 Å². The third-order valence-electron chi connectivity index (χ3n) is 3.57. The van der Waals surface area contributed by atoms with E-state index in [4.69, 9.17) is 4.74 Å². The summed E-state index contributed by atoms with van der Waals surface area (Å²) in [5.74, 6) is 1.51. The average Bonchev–Trinajstić information content (AvgIpc) is 2.88. The van der Waals surface area contributed by atoms with Crippen molar-refractivity contribution in [1.29, 1.82) is 0 Å². The fraction of sp³-hybridized carbons (Fsp3) is 0.533. The van der Waals surface area contributed by atoms with Crippen LogP contribution in [0.3, 0.4) is 0 Å². The van der Waals surface area contributed by atoms with Crippen molar-refractivity contribution in [3.05, 3.63) is 24.3 Å². The number of Topliss-reactive ketones (excluding diaryl/α,β-unsaturated/α-hetero) is 1. The lowest BCUT2D eigenvalue weighted by molar-refractivity contribution is -0.122. The summed E-state index contributed by atoms with van der Waals surface area (Å²) in [5, 5.41) is 0. The van der Waals surface area contributed by atoms with Gasteiger partial charge in [-0.05, 0) is 25.0 Å². The first-order chi connectivity index (χ1) is 8.76. The summed E-state index contributed by atoms with van der Waals surface area (Å²) < 4.78 is 5.37. The van der Waals surface area contributed by atoms with Gasteiger partial charge < -0.3 is 9.64 Å². The third-order valence-corrected chi connectivity index (χ3v) is 3.57. The van der Waals surface area contributed by atoms with E-state index in [1.807, 2.05) is 18.2 Å². The van der Waals surface area contributed by atoms with Gasteiger partial charge in [0.25, 0.3) is 0 Å². The molecule has 0 amide bonds. The molecule has 98 valence electrons. The van der Waals surface area contributed by atoms with Gasteiger partial charge in [-0.15, -0.1) is 0 Å². The number of anilines is 1. The van der Waals surface area contributed by atoms with Gasteiger partial charge in [-0.25, -0.2) is 0 Å². The molecule has 1 aliphatic heterocycles. The Morgan fingerprint density at radius 3 is 2.94 bits per heavy atom. The second-order valence-electron chi connectivity index (χ2n) is 4.82. The monoisotopic (exact) mass is 247 g/mol. The molecule has 0 saturated carbocycles. The van der Waals surface area contributed by atoms with Gasteiger partial charge >= 0.3 is 0 Å². The SMILES string of the molecule is CCCC(=O)C1CCN(c2ccccc2OC)C1. The first kappa shape index (κ1) is 12.9. The molecule has 1 unspecified atom stereocenters. The van der Waals surface area contributed by atoms with E-state index in [9.17, 15) is 4.79 Å². The van der Waals surface area contributed by atoms with E-state index >= 15 is 0 Å². The van der Waals surface area contributed by atoms with Crippen LogP contribution in [0.1, 0.15) is 26.2 Å². The Labute approximate surface area is 109 Å². The van der Waals surface area contributed by atoms with Crippen molar-refractivity contribution in [2.24, 2.45) is 5.92 Å². The summed E-state index contributed by atoms with van der Waals surface area (Å²) in [6.07, 6.45) is 2.63. The number of nitrogens with zero attached hydrogens (tertiary/aromatic N) is 1. The van der Waals surface area contributed by atoms with Gasteiger partial charge in [0.1, 0.15) is 11.5 Å². The molecule has 1 saturated heterocycles. The van der Waals surface area contributed by atoms with Crippen molar-refractivity contribution >= 4 is 11.5 Å². The maximum atomic E-state index is 11.9. The topological polar surface area (TPSA) is 29.5 Å². The molecule has 1 aromatic rings. The molecule has 1 heterocycles. The number of ether oxygens (including phenoxy) is 1. The zero-order valence-corrected chi connectivity index (χ0v) is 11.2. The Morgan fingerprint density at radius 1 is 1.44 bits per heavy atom. The number of carbonyl (C=O) groups excluding carboxylic acids is 1. The summed E-state index contributed by atoms with van der Waals surface area (Å²) in [7, 11) is 1.69. The fourth-order valence-electron chi connectivity index (χ4n) is 2.58. The molecule has 2 rings (SSSR count). The zero-order valence-electron chi connectivity index (χ0n) is 11.2. The third kappa shape index (κ3) is 2.66. The van der Waals surface area contributed by atoms with Crippen molar-refractivity contribution in [3.63, 3.8) is 0 Å². The van der Waals surface area contributed by atoms with Crippen LogP contribution in [-0.2, 0) is 4.79 Å². The molecule has 1 aromatic carbocycles. The van der Waals surface area contributed by atoms with Crippen LogP contribution in [0.4, 0.5) is 5.69 Å². The molecule has 0 aromatic heterocycles. The highest BCUT2D eigenvalue weighted by Crippen LogP contribution is 2.32. The number of rotatable bonds is 5. The first-order valence-electron chi connectivity index (χ1n) is 6.67. The molecule has 1 atom stereocenters. The summed E-state index contributed by atoms with van der Waals surface area (Å²) in [5.41, 5.74) is 1.10. The number of hydrogen-bond acceptors (Lipinski definition) is 3. The molecule has 0 radical (unpaired) electrons. The number of para-hydroxylation sites is 2.